The van der Waals surface area contributed by atoms with Crippen molar-refractivity contribution in [1.82, 2.24) is 9.97 Å². The molecule has 84 valence electrons. The van der Waals surface area contributed by atoms with Gasteiger partial charge in [-0.15, -0.1) is 11.3 Å². The van der Waals surface area contributed by atoms with Crippen molar-refractivity contribution in [2.75, 3.05) is 0 Å². The van der Waals surface area contributed by atoms with Gasteiger partial charge < -0.3 is 11.5 Å². The van der Waals surface area contributed by atoms with E-state index in [1.54, 1.807) is 23.7 Å². The van der Waals surface area contributed by atoms with E-state index in [-0.39, 0.29) is 5.96 Å². The summed E-state index contributed by atoms with van der Waals surface area (Å²) in [6.07, 6.45) is 1.56. The highest BCUT2D eigenvalue weighted by atomic mass is 32.1. The fourth-order valence-corrected chi connectivity index (χ4v) is 1.88. The summed E-state index contributed by atoms with van der Waals surface area (Å²) in [5.41, 5.74) is 12.3. The van der Waals surface area contributed by atoms with E-state index in [1.165, 1.54) is 11.3 Å². The van der Waals surface area contributed by atoms with E-state index in [9.17, 15) is 0 Å². The molecule has 6 nitrogen and oxygen atoms in total. The van der Waals surface area contributed by atoms with Crippen LogP contribution in [0.5, 0.6) is 0 Å². The fourth-order valence-electron chi connectivity index (χ4n) is 1.18. The number of nitriles is 1. The Labute approximate surface area is 101 Å². The first kappa shape index (κ1) is 11.0. The normalized spacial score (nSPS) is 9.59. The minimum Gasteiger partial charge on any atom is -0.370 e. The average Bonchev–Trinajstić information content (AvgIpc) is 2.77. The van der Waals surface area contributed by atoms with Gasteiger partial charge in [0, 0.05) is 11.6 Å². The molecule has 17 heavy (non-hydrogen) atoms. The van der Waals surface area contributed by atoms with Crippen molar-refractivity contribution in [2.45, 2.75) is 0 Å². The van der Waals surface area contributed by atoms with Crippen LogP contribution in [0.15, 0.2) is 28.7 Å². The first-order valence-corrected chi connectivity index (χ1v) is 5.48. The highest BCUT2D eigenvalue weighted by Gasteiger charge is 2.06. The Balaban J connectivity index is 2.37. The zero-order valence-electron chi connectivity index (χ0n) is 8.66. The maximum absolute atomic E-state index is 8.78. The van der Waals surface area contributed by atoms with E-state index in [0.29, 0.717) is 22.1 Å². The molecule has 2 aromatic heterocycles. The van der Waals surface area contributed by atoms with Crippen molar-refractivity contribution in [2.24, 2.45) is 16.5 Å². The van der Waals surface area contributed by atoms with Gasteiger partial charge in [-0.25, -0.2) is 4.98 Å². The first-order valence-electron chi connectivity index (χ1n) is 4.61. The van der Waals surface area contributed by atoms with Crippen molar-refractivity contribution in [3.8, 4) is 17.5 Å². The lowest BCUT2D eigenvalue weighted by atomic mass is 10.2. The molecule has 2 heterocycles. The van der Waals surface area contributed by atoms with Crippen LogP contribution in [0.4, 0.5) is 5.13 Å². The maximum atomic E-state index is 8.78. The summed E-state index contributed by atoms with van der Waals surface area (Å²) in [5, 5.41) is 11.0. The summed E-state index contributed by atoms with van der Waals surface area (Å²) in [6, 6.07) is 5.34. The largest absolute Gasteiger partial charge is 0.370 e. The van der Waals surface area contributed by atoms with Crippen LogP contribution in [-0.2, 0) is 0 Å². The second-order valence-corrected chi connectivity index (χ2v) is 3.93. The minimum absolute atomic E-state index is 0.0374. The minimum atomic E-state index is -0.0374. The number of aromatic nitrogens is 2. The molecule has 0 saturated heterocycles. The standard InChI is InChI=1S/C10H8N6S/c11-4-6-1-2-14-7(3-6)8-5-17-10(15-8)16-9(12)13/h1-3,5H,(H4,12,13,15,16). The molecule has 0 bridgehead atoms. The summed E-state index contributed by atoms with van der Waals surface area (Å²) >= 11 is 1.30. The van der Waals surface area contributed by atoms with Gasteiger partial charge in [0.25, 0.3) is 0 Å². The quantitative estimate of drug-likeness (QED) is 0.603. The zero-order chi connectivity index (χ0) is 12.3. The molecule has 0 atom stereocenters. The predicted octanol–water partition coefficient (Wildman–Crippen LogP) is 0.982. The van der Waals surface area contributed by atoms with Gasteiger partial charge in [0.1, 0.15) is 5.69 Å². The third-order valence-corrected chi connectivity index (χ3v) is 2.60. The maximum Gasteiger partial charge on any atom is 0.212 e. The smallest absolute Gasteiger partial charge is 0.212 e. The molecular formula is C10H8N6S. The Morgan fingerprint density at radius 2 is 2.24 bits per heavy atom. The summed E-state index contributed by atoms with van der Waals surface area (Å²) < 4.78 is 0. The van der Waals surface area contributed by atoms with Crippen LogP contribution in [0.3, 0.4) is 0 Å². The number of thiazole rings is 1. The SMILES string of the molecule is N#Cc1ccnc(-c2csc(N=C(N)N)n2)c1. The lowest BCUT2D eigenvalue weighted by molar-refractivity contribution is 1.25. The molecule has 0 aliphatic rings. The van der Waals surface area contributed by atoms with E-state index < -0.39 is 0 Å². The van der Waals surface area contributed by atoms with Gasteiger partial charge in [-0.2, -0.15) is 10.3 Å². The molecular weight excluding hydrogens is 236 g/mol. The van der Waals surface area contributed by atoms with Crippen molar-refractivity contribution in [1.29, 1.82) is 5.26 Å². The summed E-state index contributed by atoms with van der Waals surface area (Å²) in [5.74, 6) is -0.0374. The summed E-state index contributed by atoms with van der Waals surface area (Å²) in [4.78, 5) is 12.2. The van der Waals surface area contributed by atoms with Gasteiger partial charge in [-0.05, 0) is 12.1 Å². The Kier molecular flexibility index (Phi) is 2.98. The number of hydrogen-bond donors (Lipinski definition) is 2. The van der Waals surface area contributed by atoms with E-state index in [1.807, 2.05) is 6.07 Å². The van der Waals surface area contributed by atoms with Gasteiger partial charge in [-0.3, -0.25) is 4.98 Å². The highest BCUT2D eigenvalue weighted by molar-refractivity contribution is 7.13. The van der Waals surface area contributed by atoms with E-state index in [2.05, 4.69) is 15.0 Å². The van der Waals surface area contributed by atoms with Crippen molar-refractivity contribution >= 4 is 22.4 Å². The Hall–Kier alpha value is -2.46. The zero-order valence-corrected chi connectivity index (χ0v) is 9.48. The van der Waals surface area contributed by atoms with Crippen molar-refractivity contribution < 1.29 is 0 Å². The number of guanidine groups is 1. The second kappa shape index (κ2) is 4.59. The van der Waals surface area contributed by atoms with E-state index in [0.717, 1.165) is 0 Å². The van der Waals surface area contributed by atoms with Gasteiger partial charge in [-0.1, -0.05) is 0 Å². The van der Waals surface area contributed by atoms with Crippen LogP contribution < -0.4 is 11.5 Å². The lowest BCUT2D eigenvalue weighted by Crippen LogP contribution is -2.21. The van der Waals surface area contributed by atoms with Crippen LogP contribution >= 0.6 is 11.3 Å². The number of hydrogen-bond acceptors (Lipinski definition) is 5. The molecule has 0 saturated carbocycles. The van der Waals surface area contributed by atoms with Crippen LogP contribution in [0.1, 0.15) is 5.56 Å². The number of nitrogens with two attached hydrogens (primary N) is 2. The van der Waals surface area contributed by atoms with Gasteiger partial charge in [0.05, 0.1) is 17.3 Å². The van der Waals surface area contributed by atoms with Gasteiger partial charge in [0.2, 0.25) is 5.13 Å². The summed E-state index contributed by atoms with van der Waals surface area (Å²) in [6.45, 7) is 0. The van der Waals surface area contributed by atoms with Crippen molar-refractivity contribution in [3.05, 3.63) is 29.3 Å². The van der Waals surface area contributed by atoms with Gasteiger partial charge >= 0.3 is 0 Å². The molecule has 7 heteroatoms. The third-order valence-electron chi connectivity index (χ3n) is 1.87. The predicted molar refractivity (Wildman–Crippen MR) is 65.5 cm³/mol. The molecule has 0 unspecified atom stereocenters. The summed E-state index contributed by atoms with van der Waals surface area (Å²) in [7, 11) is 0. The lowest BCUT2D eigenvalue weighted by Gasteiger charge is -1.94. The number of aliphatic imine (C=N–C) groups is 1. The molecule has 0 spiro atoms. The molecule has 0 fully saturated rings. The Bertz CT molecular complexity index is 605. The molecule has 0 aliphatic carbocycles. The molecule has 2 rings (SSSR count). The third kappa shape index (κ3) is 2.56. The molecule has 2 aromatic rings. The second-order valence-electron chi connectivity index (χ2n) is 3.09. The topological polar surface area (TPSA) is 114 Å². The first-order chi connectivity index (χ1) is 8.19. The Morgan fingerprint density at radius 1 is 1.41 bits per heavy atom. The van der Waals surface area contributed by atoms with Gasteiger partial charge in [0.15, 0.2) is 5.96 Å². The Morgan fingerprint density at radius 3 is 2.94 bits per heavy atom. The molecule has 0 amide bonds. The highest BCUT2D eigenvalue weighted by Crippen LogP contribution is 2.25. The van der Waals surface area contributed by atoms with E-state index in [4.69, 9.17) is 16.7 Å². The molecule has 0 aliphatic heterocycles. The van der Waals surface area contributed by atoms with Crippen LogP contribution in [0, 0.1) is 11.3 Å². The van der Waals surface area contributed by atoms with Crippen molar-refractivity contribution in [3.63, 3.8) is 0 Å². The fraction of sp³-hybridized carbons (Fsp3) is 0. The molecule has 4 N–H and O–H groups in total. The molecule has 0 aromatic carbocycles. The number of nitrogens with zero attached hydrogens (tertiary/aromatic N) is 4. The monoisotopic (exact) mass is 244 g/mol. The van der Waals surface area contributed by atoms with Crippen LogP contribution in [-0.4, -0.2) is 15.9 Å². The van der Waals surface area contributed by atoms with E-state index >= 15 is 0 Å². The average molecular weight is 244 g/mol. The number of rotatable bonds is 2. The number of pyridine rings is 1. The van der Waals surface area contributed by atoms with Crippen LogP contribution in [0.2, 0.25) is 0 Å². The van der Waals surface area contributed by atoms with Crippen LogP contribution in [0.25, 0.3) is 11.4 Å². The molecule has 0 radical (unpaired) electrons.